The minimum atomic E-state index is -3.70. The number of benzene rings is 1. The molecule has 0 aliphatic heterocycles. The summed E-state index contributed by atoms with van der Waals surface area (Å²) >= 11 is 0. The Labute approximate surface area is 150 Å². The number of sulfonamides is 1. The highest BCUT2D eigenvalue weighted by molar-refractivity contribution is 7.89. The Balaban J connectivity index is 2.02. The van der Waals surface area contributed by atoms with Crippen LogP contribution in [0.4, 0.5) is 5.69 Å². The molecule has 1 aliphatic carbocycles. The van der Waals surface area contributed by atoms with E-state index in [4.69, 9.17) is 0 Å². The Morgan fingerprint density at radius 3 is 2.56 bits per heavy atom. The van der Waals surface area contributed by atoms with Crippen molar-refractivity contribution in [3.63, 3.8) is 0 Å². The van der Waals surface area contributed by atoms with Gasteiger partial charge in [0, 0.05) is 18.7 Å². The van der Waals surface area contributed by atoms with Gasteiger partial charge in [-0.05, 0) is 49.4 Å². The van der Waals surface area contributed by atoms with Crippen molar-refractivity contribution >= 4 is 21.6 Å². The second kappa shape index (κ2) is 8.78. The van der Waals surface area contributed by atoms with Crippen LogP contribution in [0.25, 0.3) is 0 Å². The Hall–Kier alpha value is -1.44. The predicted octanol–water partition coefficient (Wildman–Crippen LogP) is 2.56. The van der Waals surface area contributed by atoms with Crippen LogP contribution in [0, 0.1) is 12.8 Å². The van der Waals surface area contributed by atoms with E-state index in [1.54, 1.807) is 26.0 Å². The van der Waals surface area contributed by atoms with Crippen LogP contribution in [-0.4, -0.2) is 32.1 Å². The minimum Gasteiger partial charge on any atom is -0.391 e. The molecule has 1 saturated carbocycles. The van der Waals surface area contributed by atoms with Gasteiger partial charge in [0.25, 0.3) is 0 Å². The number of aliphatic hydroxyl groups excluding tert-OH is 1. The lowest BCUT2D eigenvalue weighted by Crippen LogP contribution is -2.37. The molecular formula is C18H28N2O4S. The molecule has 6 nitrogen and oxygen atoms in total. The topological polar surface area (TPSA) is 95.5 Å². The zero-order chi connectivity index (χ0) is 18.4. The summed E-state index contributed by atoms with van der Waals surface area (Å²) in [5, 5.41) is 13.0. The van der Waals surface area contributed by atoms with Gasteiger partial charge in [-0.3, -0.25) is 4.79 Å². The molecular weight excluding hydrogens is 340 g/mol. The van der Waals surface area contributed by atoms with Gasteiger partial charge in [-0.1, -0.05) is 26.2 Å². The van der Waals surface area contributed by atoms with Crippen LogP contribution in [0.2, 0.25) is 0 Å². The first-order valence-corrected chi connectivity index (χ1v) is 10.4. The number of carbonyl (C=O) groups excluding carboxylic acids is 1. The summed E-state index contributed by atoms with van der Waals surface area (Å²) in [6.07, 6.45) is 4.99. The largest absolute Gasteiger partial charge is 0.391 e. The monoisotopic (exact) mass is 368 g/mol. The van der Waals surface area contributed by atoms with E-state index in [-0.39, 0.29) is 23.3 Å². The quantitative estimate of drug-likeness (QED) is 0.689. The molecule has 0 heterocycles. The van der Waals surface area contributed by atoms with E-state index in [1.165, 1.54) is 12.5 Å². The first kappa shape index (κ1) is 19.9. The van der Waals surface area contributed by atoms with E-state index in [9.17, 15) is 18.3 Å². The fourth-order valence-corrected chi connectivity index (χ4v) is 4.51. The molecule has 25 heavy (non-hydrogen) atoms. The molecule has 0 saturated heterocycles. The zero-order valence-corrected chi connectivity index (χ0v) is 15.7. The van der Waals surface area contributed by atoms with Crippen molar-refractivity contribution in [3.8, 4) is 0 Å². The van der Waals surface area contributed by atoms with Crippen LogP contribution in [0.15, 0.2) is 23.1 Å². The van der Waals surface area contributed by atoms with Crippen molar-refractivity contribution in [2.45, 2.75) is 63.4 Å². The fraction of sp³-hybridized carbons (Fsp3) is 0.611. The average molecular weight is 368 g/mol. The maximum absolute atomic E-state index is 12.5. The van der Waals surface area contributed by atoms with Crippen LogP contribution in [0.5, 0.6) is 0 Å². The Morgan fingerprint density at radius 1 is 1.28 bits per heavy atom. The van der Waals surface area contributed by atoms with Gasteiger partial charge in [0.2, 0.25) is 15.9 Å². The van der Waals surface area contributed by atoms with Crippen molar-refractivity contribution in [1.82, 2.24) is 4.72 Å². The van der Waals surface area contributed by atoms with Gasteiger partial charge < -0.3 is 10.4 Å². The summed E-state index contributed by atoms with van der Waals surface area (Å²) in [5.41, 5.74) is 1.12. The second-order valence-electron chi connectivity index (χ2n) is 6.70. The number of hydrogen-bond acceptors (Lipinski definition) is 4. The first-order valence-electron chi connectivity index (χ1n) is 8.91. The molecule has 0 unspecified atom stereocenters. The van der Waals surface area contributed by atoms with E-state index >= 15 is 0 Å². The number of nitrogens with one attached hydrogen (secondary N) is 2. The van der Waals surface area contributed by atoms with Crippen molar-refractivity contribution in [3.05, 3.63) is 23.8 Å². The maximum atomic E-state index is 12.5. The van der Waals surface area contributed by atoms with E-state index in [0.29, 0.717) is 17.7 Å². The summed E-state index contributed by atoms with van der Waals surface area (Å²) < 4.78 is 27.6. The van der Waals surface area contributed by atoms with Crippen LogP contribution in [-0.2, 0) is 14.8 Å². The lowest BCUT2D eigenvalue weighted by atomic mass is 9.85. The molecule has 1 atom stereocenters. The molecule has 0 spiro atoms. The summed E-state index contributed by atoms with van der Waals surface area (Å²) in [6.45, 7) is 3.47. The Bertz CT molecular complexity index is 697. The molecule has 1 aliphatic rings. The van der Waals surface area contributed by atoms with Crippen molar-refractivity contribution < 1.29 is 18.3 Å². The molecule has 1 aromatic carbocycles. The standard InChI is InChI=1S/C18H28N2O4S/c1-3-18(22)20-15-9-10-17(13(2)11-15)25(23,24)19-12-16(21)14-7-5-4-6-8-14/h9-11,14,16,19,21H,3-8,12H2,1-2H3,(H,20,22)/t16-/m1/s1. The van der Waals surface area contributed by atoms with E-state index < -0.39 is 16.1 Å². The molecule has 7 heteroatoms. The molecule has 1 aromatic rings. The number of aliphatic hydroxyl groups is 1. The number of carbonyl (C=O) groups is 1. The van der Waals surface area contributed by atoms with E-state index in [1.807, 2.05) is 0 Å². The molecule has 1 amide bonds. The van der Waals surface area contributed by atoms with Gasteiger partial charge in [-0.15, -0.1) is 0 Å². The van der Waals surface area contributed by atoms with E-state index in [2.05, 4.69) is 10.0 Å². The highest BCUT2D eigenvalue weighted by Crippen LogP contribution is 2.26. The summed E-state index contributed by atoms with van der Waals surface area (Å²) in [7, 11) is -3.70. The number of aryl methyl sites for hydroxylation is 1. The maximum Gasteiger partial charge on any atom is 0.240 e. The number of hydrogen-bond donors (Lipinski definition) is 3. The van der Waals surface area contributed by atoms with Gasteiger partial charge in [-0.2, -0.15) is 0 Å². The molecule has 0 radical (unpaired) electrons. The van der Waals surface area contributed by atoms with Crippen LogP contribution < -0.4 is 10.0 Å². The molecule has 3 N–H and O–H groups in total. The zero-order valence-electron chi connectivity index (χ0n) is 14.9. The Morgan fingerprint density at radius 2 is 1.96 bits per heavy atom. The molecule has 2 rings (SSSR count). The smallest absolute Gasteiger partial charge is 0.240 e. The minimum absolute atomic E-state index is 0.0285. The molecule has 0 bridgehead atoms. The summed E-state index contributed by atoms with van der Waals surface area (Å²) in [4.78, 5) is 11.6. The van der Waals surface area contributed by atoms with Crippen molar-refractivity contribution in [1.29, 1.82) is 0 Å². The predicted molar refractivity (Wildman–Crippen MR) is 97.9 cm³/mol. The second-order valence-corrected chi connectivity index (χ2v) is 8.43. The highest BCUT2D eigenvalue weighted by atomic mass is 32.2. The lowest BCUT2D eigenvalue weighted by Gasteiger charge is -2.26. The lowest BCUT2D eigenvalue weighted by molar-refractivity contribution is -0.115. The summed E-state index contributed by atoms with van der Waals surface area (Å²) in [6, 6.07) is 4.70. The average Bonchev–Trinajstić information content (AvgIpc) is 2.60. The highest BCUT2D eigenvalue weighted by Gasteiger charge is 2.24. The molecule has 140 valence electrons. The van der Waals surface area contributed by atoms with Gasteiger partial charge in [0.05, 0.1) is 11.0 Å². The van der Waals surface area contributed by atoms with Gasteiger partial charge in [0.1, 0.15) is 0 Å². The molecule has 0 aromatic heterocycles. The van der Waals surface area contributed by atoms with Gasteiger partial charge in [-0.25, -0.2) is 13.1 Å². The number of rotatable bonds is 7. The first-order chi connectivity index (χ1) is 11.8. The third kappa shape index (κ3) is 5.52. The van der Waals surface area contributed by atoms with Crippen LogP contribution in [0.3, 0.4) is 0 Å². The normalized spacial score (nSPS) is 17.2. The number of amides is 1. The van der Waals surface area contributed by atoms with Crippen LogP contribution in [0.1, 0.15) is 51.0 Å². The van der Waals surface area contributed by atoms with Gasteiger partial charge >= 0.3 is 0 Å². The molecule has 1 fully saturated rings. The SMILES string of the molecule is CCC(=O)Nc1ccc(S(=O)(=O)NC[C@@H](O)C2CCCCC2)c(C)c1. The fourth-order valence-electron chi connectivity index (χ4n) is 3.24. The third-order valence-corrected chi connectivity index (χ3v) is 6.33. The van der Waals surface area contributed by atoms with Crippen molar-refractivity contribution in [2.24, 2.45) is 5.92 Å². The Kier molecular flexibility index (Phi) is 6.98. The van der Waals surface area contributed by atoms with E-state index in [0.717, 1.165) is 25.7 Å². The number of anilines is 1. The van der Waals surface area contributed by atoms with Crippen LogP contribution >= 0.6 is 0 Å². The summed E-state index contributed by atoms with van der Waals surface area (Å²) in [5.74, 6) is 0.0490. The van der Waals surface area contributed by atoms with Crippen molar-refractivity contribution in [2.75, 3.05) is 11.9 Å². The third-order valence-electron chi connectivity index (χ3n) is 4.75. The van der Waals surface area contributed by atoms with Gasteiger partial charge in [0.15, 0.2) is 0 Å².